The van der Waals surface area contributed by atoms with Crippen LogP contribution in [0.1, 0.15) is 12.5 Å². The van der Waals surface area contributed by atoms with Gasteiger partial charge in [0.15, 0.2) is 6.10 Å². The fraction of sp³-hybridized carbons (Fsp3) is 0.111. The van der Waals surface area contributed by atoms with E-state index in [1.165, 1.54) is 6.21 Å². The molecule has 0 heterocycles. The molecule has 0 radical (unpaired) electrons. The van der Waals surface area contributed by atoms with Crippen molar-refractivity contribution < 1.29 is 9.53 Å². The molecule has 0 aromatic heterocycles. The summed E-state index contributed by atoms with van der Waals surface area (Å²) in [6.45, 7) is 1.65. The third kappa shape index (κ3) is 5.96. The van der Waals surface area contributed by atoms with Gasteiger partial charge in [0.2, 0.25) is 0 Å². The summed E-state index contributed by atoms with van der Waals surface area (Å²) in [7, 11) is 0. The minimum absolute atomic E-state index is 0.329. The van der Waals surface area contributed by atoms with E-state index < -0.39 is 6.10 Å². The van der Waals surface area contributed by atoms with Crippen LogP contribution in [0.15, 0.2) is 65.8 Å². The maximum absolute atomic E-state index is 11.8. The third-order valence-corrected chi connectivity index (χ3v) is 3.17. The number of allylic oxidation sites excluding steroid dienone is 1. The zero-order chi connectivity index (χ0) is 16.5. The van der Waals surface area contributed by atoms with Gasteiger partial charge in [-0.2, -0.15) is 5.10 Å². The summed E-state index contributed by atoms with van der Waals surface area (Å²) in [5, 5.41) is 4.47. The Bertz CT molecular complexity index is 682. The maximum Gasteiger partial charge on any atom is 0.280 e. The van der Waals surface area contributed by atoms with Gasteiger partial charge >= 0.3 is 0 Å². The Morgan fingerprint density at radius 3 is 2.57 bits per heavy atom. The van der Waals surface area contributed by atoms with Crippen LogP contribution in [-0.4, -0.2) is 18.2 Å². The average molecular weight is 329 g/mol. The van der Waals surface area contributed by atoms with Crippen LogP contribution in [0.25, 0.3) is 6.08 Å². The highest BCUT2D eigenvalue weighted by molar-refractivity contribution is 6.30. The first kappa shape index (κ1) is 16.8. The van der Waals surface area contributed by atoms with Crippen molar-refractivity contribution in [2.75, 3.05) is 0 Å². The minimum atomic E-state index is -0.661. The molecule has 0 fully saturated rings. The zero-order valence-electron chi connectivity index (χ0n) is 12.6. The van der Waals surface area contributed by atoms with E-state index in [1.807, 2.05) is 36.4 Å². The Hall–Kier alpha value is -2.59. The number of ether oxygens (including phenoxy) is 1. The molecule has 0 unspecified atom stereocenters. The second-order valence-corrected chi connectivity index (χ2v) is 5.17. The molecule has 4 nitrogen and oxygen atoms in total. The Morgan fingerprint density at radius 2 is 1.87 bits per heavy atom. The van der Waals surface area contributed by atoms with Gasteiger partial charge in [0.25, 0.3) is 5.91 Å². The van der Waals surface area contributed by atoms with Crippen molar-refractivity contribution in [3.8, 4) is 5.75 Å². The van der Waals surface area contributed by atoms with Crippen LogP contribution in [0.5, 0.6) is 5.75 Å². The molecule has 1 N–H and O–H groups in total. The van der Waals surface area contributed by atoms with Crippen molar-refractivity contribution >= 4 is 29.8 Å². The molecule has 23 heavy (non-hydrogen) atoms. The number of halogens is 1. The summed E-state index contributed by atoms with van der Waals surface area (Å²) in [5.74, 6) is 0.245. The van der Waals surface area contributed by atoms with Crippen molar-refractivity contribution in [1.29, 1.82) is 0 Å². The molecule has 0 saturated heterocycles. The molecule has 5 heteroatoms. The summed E-state index contributed by atoms with van der Waals surface area (Å²) in [4.78, 5) is 11.8. The SMILES string of the molecule is C[C@@H](Oc1ccc(Cl)cc1)C(=O)NN=C/C=C/c1ccccc1. The molecule has 1 atom stereocenters. The van der Waals surface area contributed by atoms with Crippen LogP contribution in [-0.2, 0) is 4.79 Å². The number of hydrazone groups is 1. The van der Waals surface area contributed by atoms with Crippen molar-refractivity contribution in [2.24, 2.45) is 5.10 Å². The minimum Gasteiger partial charge on any atom is -0.481 e. The van der Waals surface area contributed by atoms with Gasteiger partial charge in [-0.3, -0.25) is 4.79 Å². The number of benzene rings is 2. The van der Waals surface area contributed by atoms with Crippen LogP contribution in [0.4, 0.5) is 0 Å². The molecule has 0 aliphatic carbocycles. The molecule has 2 rings (SSSR count). The molecule has 0 aliphatic heterocycles. The number of rotatable bonds is 6. The number of hydrogen-bond donors (Lipinski definition) is 1. The van der Waals surface area contributed by atoms with E-state index in [9.17, 15) is 4.79 Å². The lowest BCUT2D eigenvalue weighted by atomic mass is 10.2. The number of nitrogens with zero attached hydrogens (tertiary/aromatic N) is 1. The highest BCUT2D eigenvalue weighted by Gasteiger charge is 2.13. The molecule has 0 bridgehead atoms. The molecule has 0 saturated carbocycles. The average Bonchev–Trinajstić information content (AvgIpc) is 2.57. The molecular formula is C18H17ClN2O2. The van der Waals surface area contributed by atoms with Crippen LogP contribution in [0.2, 0.25) is 5.02 Å². The lowest BCUT2D eigenvalue weighted by molar-refractivity contribution is -0.127. The topological polar surface area (TPSA) is 50.7 Å². The molecule has 1 amide bonds. The summed E-state index contributed by atoms with van der Waals surface area (Å²) in [6.07, 6.45) is 4.50. The number of nitrogens with one attached hydrogen (secondary N) is 1. The Balaban J connectivity index is 1.78. The van der Waals surface area contributed by atoms with Crippen LogP contribution < -0.4 is 10.2 Å². The van der Waals surface area contributed by atoms with Gasteiger partial charge < -0.3 is 4.74 Å². The van der Waals surface area contributed by atoms with Gasteiger partial charge in [0.1, 0.15) is 5.75 Å². The van der Waals surface area contributed by atoms with E-state index in [4.69, 9.17) is 16.3 Å². The van der Waals surface area contributed by atoms with Gasteiger partial charge in [-0.25, -0.2) is 5.43 Å². The highest BCUT2D eigenvalue weighted by atomic mass is 35.5. The second-order valence-electron chi connectivity index (χ2n) is 4.74. The van der Waals surface area contributed by atoms with Crippen molar-refractivity contribution in [3.63, 3.8) is 0 Å². The molecule has 118 valence electrons. The van der Waals surface area contributed by atoms with Crippen molar-refractivity contribution in [3.05, 3.63) is 71.3 Å². The van der Waals surface area contributed by atoms with Gasteiger partial charge in [0.05, 0.1) is 0 Å². The molecule has 0 aliphatic rings. The van der Waals surface area contributed by atoms with E-state index in [1.54, 1.807) is 37.3 Å². The zero-order valence-corrected chi connectivity index (χ0v) is 13.4. The van der Waals surface area contributed by atoms with Gasteiger partial charge in [-0.1, -0.05) is 48.0 Å². The normalized spacial score (nSPS) is 12.4. The summed E-state index contributed by atoms with van der Waals surface area (Å²) >= 11 is 5.79. The maximum atomic E-state index is 11.8. The van der Waals surface area contributed by atoms with Gasteiger partial charge in [-0.15, -0.1) is 0 Å². The fourth-order valence-corrected chi connectivity index (χ4v) is 1.85. The summed E-state index contributed by atoms with van der Waals surface area (Å²) < 4.78 is 5.49. The number of amides is 1. The predicted octanol–water partition coefficient (Wildman–Crippen LogP) is 3.92. The fourth-order valence-electron chi connectivity index (χ4n) is 1.72. The standard InChI is InChI=1S/C18H17ClN2O2/c1-14(23-17-11-9-16(19)10-12-17)18(22)21-20-13-5-8-15-6-3-2-4-7-15/h2-14H,1H3,(H,21,22)/b8-5+,20-13?/t14-/m1/s1. The number of carbonyl (C=O) groups excluding carboxylic acids is 1. The molecular weight excluding hydrogens is 312 g/mol. The third-order valence-electron chi connectivity index (χ3n) is 2.92. The van der Waals surface area contributed by atoms with E-state index in [0.29, 0.717) is 10.8 Å². The van der Waals surface area contributed by atoms with Crippen molar-refractivity contribution in [2.45, 2.75) is 13.0 Å². The van der Waals surface area contributed by atoms with E-state index in [0.717, 1.165) is 5.56 Å². The monoisotopic (exact) mass is 328 g/mol. The van der Waals surface area contributed by atoms with Crippen LogP contribution in [0, 0.1) is 0 Å². The first-order valence-electron chi connectivity index (χ1n) is 7.12. The first-order valence-corrected chi connectivity index (χ1v) is 7.50. The lowest BCUT2D eigenvalue weighted by Gasteiger charge is -2.12. The Kier molecular flexibility index (Phi) is 6.39. The van der Waals surface area contributed by atoms with Crippen molar-refractivity contribution in [1.82, 2.24) is 5.43 Å². The lowest BCUT2D eigenvalue weighted by Crippen LogP contribution is -2.33. The second kappa shape index (κ2) is 8.76. The molecule has 2 aromatic carbocycles. The van der Waals surface area contributed by atoms with Crippen LogP contribution >= 0.6 is 11.6 Å². The number of hydrogen-bond acceptors (Lipinski definition) is 3. The van der Waals surface area contributed by atoms with E-state index in [2.05, 4.69) is 10.5 Å². The quantitative estimate of drug-likeness (QED) is 0.645. The Labute approximate surface area is 140 Å². The number of carbonyl (C=O) groups is 1. The summed E-state index contributed by atoms with van der Waals surface area (Å²) in [5.41, 5.74) is 3.49. The van der Waals surface area contributed by atoms with E-state index >= 15 is 0 Å². The summed E-state index contributed by atoms with van der Waals surface area (Å²) in [6, 6.07) is 16.6. The van der Waals surface area contributed by atoms with Gasteiger partial charge in [0, 0.05) is 11.2 Å². The van der Waals surface area contributed by atoms with Crippen LogP contribution in [0.3, 0.4) is 0 Å². The Morgan fingerprint density at radius 1 is 1.17 bits per heavy atom. The molecule has 2 aromatic rings. The smallest absolute Gasteiger partial charge is 0.280 e. The van der Waals surface area contributed by atoms with E-state index in [-0.39, 0.29) is 5.91 Å². The predicted molar refractivity (Wildman–Crippen MR) is 93.7 cm³/mol. The first-order chi connectivity index (χ1) is 11.1. The largest absolute Gasteiger partial charge is 0.481 e. The molecule has 0 spiro atoms. The highest BCUT2D eigenvalue weighted by Crippen LogP contribution is 2.16. The van der Waals surface area contributed by atoms with Gasteiger partial charge in [-0.05, 0) is 42.8 Å².